The Morgan fingerprint density at radius 2 is 2.20 bits per heavy atom. The Hall–Kier alpha value is -1.33. The van der Waals surface area contributed by atoms with E-state index in [2.05, 4.69) is 0 Å². The van der Waals surface area contributed by atoms with Crippen LogP contribution in [0.1, 0.15) is 8.30 Å². The maximum atomic E-state index is 13.0. The van der Waals surface area contributed by atoms with E-state index >= 15 is 0 Å². The van der Waals surface area contributed by atoms with E-state index in [1.165, 1.54) is 11.9 Å². The molecule has 0 unspecified atom stereocenters. The molecular weight excluding hydrogens is 188 g/mol. The molecule has 1 nitrogen and oxygen atoms in total. The number of hydrogen-bond donors (Lipinski definition) is 0. The van der Waals surface area contributed by atoms with Crippen molar-refractivity contribution in [2.75, 3.05) is 20.2 Å². The Morgan fingerprint density at radius 1 is 1.53 bits per heavy atom. The van der Waals surface area contributed by atoms with Crippen LogP contribution < -0.4 is 0 Å². The zero-order valence-corrected chi connectivity index (χ0v) is 8.78. The number of rotatable bonds is 5. The van der Waals surface area contributed by atoms with Gasteiger partial charge in [0.15, 0.2) is 0 Å². The van der Waals surface area contributed by atoms with Gasteiger partial charge in [0, 0.05) is 6.04 Å². The van der Waals surface area contributed by atoms with E-state index in [9.17, 15) is 4.39 Å². The normalized spacial score (nSPS) is 15.3. The number of likely N-dealkylation sites (N-methyl/N-ethyl adjacent to an activating group) is 1. The van der Waals surface area contributed by atoms with Crippen molar-refractivity contribution in [1.82, 2.24) is 4.90 Å². The summed E-state index contributed by atoms with van der Waals surface area (Å²) in [6.45, 7) is -2.56. The highest BCUT2D eigenvalue weighted by molar-refractivity contribution is 5.16. The Labute approximate surface area is 93.7 Å². The lowest BCUT2D eigenvalue weighted by Gasteiger charge is -2.23. The maximum Gasteiger partial charge on any atom is 0.105 e. The molecule has 0 heterocycles. The highest BCUT2D eigenvalue weighted by Gasteiger charge is 2.13. The van der Waals surface area contributed by atoms with Crippen molar-refractivity contribution < 1.29 is 7.13 Å². The van der Waals surface area contributed by atoms with Gasteiger partial charge in [0.1, 0.15) is 6.67 Å². The van der Waals surface area contributed by atoms with Crippen molar-refractivity contribution >= 4 is 0 Å². The Kier molecular flexibility index (Phi) is 3.70. The first kappa shape index (κ1) is 8.94. The van der Waals surface area contributed by atoms with Gasteiger partial charge in [-0.1, -0.05) is 36.3 Å². The molecule has 80 valence electrons. The van der Waals surface area contributed by atoms with E-state index in [0.29, 0.717) is 6.42 Å². The zero-order chi connectivity index (χ0) is 12.9. The van der Waals surface area contributed by atoms with E-state index in [1.54, 1.807) is 0 Å². The molecule has 0 aliphatic rings. The predicted octanol–water partition coefficient (Wildman–Crippen LogP) is 2.13. The van der Waals surface area contributed by atoms with Gasteiger partial charge >= 0.3 is 0 Å². The van der Waals surface area contributed by atoms with E-state index in [0.717, 1.165) is 5.56 Å². The van der Waals surface area contributed by atoms with Crippen molar-refractivity contribution in [1.29, 1.82) is 0 Å². The van der Waals surface area contributed by atoms with Crippen LogP contribution in [0.5, 0.6) is 0 Å². The SMILES string of the molecule is [2H]C([2H])(C#C)N(C)[C@H](C[18F])Cc1ccccc1. The van der Waals surface area contributed by atoms with Crippen LogP contribution >= 0.6 is 0 Å². The largest absolute Gasteiger partial charge is 0.289 e. The molecule has 0 aromatic heterocycles. The fourth-order valence-electron chi connectivity index (χ4n) is 1.37. The minimum atomic E-state index is -1.93. The van der Waals surface area contributed by atoms with Gasteiger partial charge in [0.05, 0.1) is 9.24 Å². The summed E-state index contributed by atoms with van der Waals surface area (Å²) < 4.78 is 28.1. The first-order chi connectivity index (χ1) is 8.01. The molecule has 0 bridgehead atoms. The Morgan fingerprint density at radius 3 is 2.73 bits per heavy atom. The first-order valence-corrected chi connectivity index (χ1v) is 4.82. The molecule has 1 aromatic carbocycles. The number of hydrogen-bond acceptors (Lipinski definition) is 1. The summed E-state index contributed by atoms with van der Waals surface area (Å²) in [7, 11) is 1.51. The van der Waals surface area contributed by atoms with Crippen molar-refractivity contribution in [3.05, 3.63) is 35.9 Å². The number of terminal acetylenes is 1. The first-order valence-electron chi connectivity index (χ1n) is 5.82. The Balaban J connectivity index is 2.77. The topological polar surface area (TPSA) is 3.24 Å². The van der Waals surface area contributed by atoms with Gasteiger partial charge in [-0.25, -0.2) is 4.39 Å². The molecule has 0 radical (unpaired) electrons. The summed E-state index contributed by atoms with van der Waals surface area (Å²) in [5.74, 6) is 2.03. The number of benzene rings is 1. The number of nitrogens with zero attached hydrogens (tertiary/aromatic N) is 1. The second kappa shape index (κ2) is 6.21. The molecule has 2 heteroatoms. The molecular formula is C13H16FN. The summed E-state index contributed by atoms with van der Waals surface area (Å²) >= 11 is 0. The molecule has 0 saturated heterocycles. The molecule has 0 fully saturated rings. The van der Waals surface area contributed by atoms with Crippen LogP contribution in [0.3, 0.4) is 0 Å². The lowest BCUT2D eigenvalue weighted by atomic mass is 10.1. The molecule has 0 saturated carbocycles. The van der Waals surface area contributed by atoms with Crippen LogP contribution in [-0.2, 0) is 6.42 Å². The highest BCUT2D eigenvalue weighted by Crippen LogP contribution is 2.08. The minimum Gasteiger partial charge on any atom is -0.289 e. The number of alkyl halides is 1. The predicted molar refractivity (Wildman–Crippen MR) is 61.4 cm³/mol. The van der Waals surface area contributed by atoms with E-state index in [-0.39, 0.29) is 0 Å². The van der Waals surface area contributed by atoms with Gasteiger partial charge in [-0.05, 0) is 19.0 Å². The van der Waals surface area contributed by atoms with Gasteiger partial charge in [-0.15, -0.1) is 6.42 Å². The van der Waals surface area contributed by atoms with E-state index in [4.69, 9.17) is 9.16 Å². The van der Waals surface area contributed by atoms with Crippen LogP contribution in [0.25, 0.3) is 0 Å². The fraction of sp³-hybridized carbons (Fsp3) is 0.385. The molecule has 0 aliphatic carbocycles. The summed E-state index contributed by atoms with van der Waals surface area (Å²) in [5, 5.41) is 0. The van der Waals surface area contributed by atoms with Gasteiger partial charge in [0.2, 0.25) is 0 Å². The van der Waals surface area contributed by atoms with Gasteiger partial charge in [-0.3, -0.25) is 4.90 Å². The molecule has 15 heavy (non-hydrogen) atoms. The summed E-state index contributed by atoms with van der Waals surface area (Å²) in [5.41, 5.74) is 0.967. The third kappa shape index (κ3) is 3.73. The standard InChI is InChI=1S/C13H16FN/c1-3-9-15(2)13(11-14)10-12-7-5-4-6-8-12/h1,4-8,13H,9-11H2,2H3/t13-/m0/s1/i9D2,14-1. The maximum absolute atomic E-state index is 13.0. The zero-order valence-electron chi connectivity index (χ0n) is 10.8. The van der Waals surface area contributed by atoms with Crippen molar-refractivity contribution in [2.45, 2.75) is 12.5 Å². The molecule has 1 aromatic rings. The van der Waals surface area contributed by atoms with Gasteiger partial charge < -0.3 is 0 Å². The van der Waals surface area contributed by atoms with Crippen molar-refractivity contribution in [3.8, 4) is 12.3 Å². The smallest absolute Gasteiger partial charge is 0.105 e. The third-order valence-corrected chi connectivity index (χ3v) is 2.28. The molecule has 0 spiro atoms. The molecule has 1 rings (SSSR count). The second-order valence-electron chi connectivity index (χ2n) is 3.36. The number of halogens is 1. The summed E-state index contributed by atoms with van der Waals surface area (Å²) in [6.07, 6.45) is 5.54. The quantitative estimate of drug-likeness (QED) is 0.667. The van der Waals surface area contributed by atoms with Crippen LogP contribution in [-0.4, -0.2) is 31.2 Å². The monoisotopic (exact) mass is 206 g/mol. The Bertz CT molecular complexity index is 386. The van der Waals surface area contributed by atoms with Crippen LogP contribution in [0.15, 0.2) is 30.3 Å². The van der Waals surface area contributed by atoms with Gasteiger partial charge in [0.25, 0.3) is 0 Å². The average Bonchev–Trinajstić information content (AvgIpc) is 2.36. The molecule has 0 amide bonds. The van der Waals surface area contributed by atoms with Gasteiger partial charge in [-0.2, -0.15) is 0 Å². The van der Waals surface area contributed by atoms with E-state index < -0.39 is 19.2 Å². The van der Waals surface area contributed by atoms with Crippen molar-refractivity contribution in [3.63, 3.8) is 0 Å². The average molecular weight is 206 g/mol. The lowest BCUT2D eigenvalue weighted by molar-refractivity contribution is 0.220. The second-order valence-corrected chi connectivity index (χ2v) is 3.36. The summed E-state index contributed by atoms with van der Waals surface area (Å²) in [6, 6.07) is 8.87. The van der Waals surface area contributed by atoms with Crippen LogP contribution in [0, 0.1) is 12.3 Å². The van der Waals surface area contributed by atoms with Crippen LogP contribution in [0.4, 0.5) is 4.39 Å². The summed E-state index contributed by atoms with van der Waals surface area (Å²) in [4.78, 5) is 1.26. The van der Waals surface area contributed by atoms with Crippen molar-refractivity contribution in [2.24, 2.45) is 0 Å². The highest BCUT2D eigenvalue weighted by atomic mass is 18.2. The van der Waals surface area contributed by atoms with E-state index in [1.807, 2.05) is 36.3 Å². The third-order valence-electron chi connectivity index (χ3n) is 2.28. The fourth-order valence-corrected chi connectivity index (χ4v) is 1.37. The van der Waals surface area contributed by atoms with Crippen LogP contribution in [0.2, 0.25) is 0 Å². The minimum absolute atomic E-state index is 0.440. The molecule has 0 aliphatic heterocycles. The molecule has 1 atom stereocenters. The molecule has 0 N–H and O–H groups in total. The lowest BCUT2D eigenvalue weighted by Crippen LogP contribution is -2.35.